The van der Waals surface area contributed by atoms with Crippen molar-refractivity contribution in [1.82, 2.24) is 16.0 Å². The van der Waals surface area contributed by atoms with Gasteiger partial charge in [0.25, 0.3) is 0 Å². The van der Waals surface area contributed by atoms with Gasteiger partial charge in [-0.15, -0.1) is 12.4 Å². The third-order valence-electron chi connectivity index (χ3n) is 7.32. The van der Waals surface area contributed by atoms with Gasteiger partial charge in [0.2, 0.25) is 11.8 Å². The lowest BCUT2D eigenvalue weighted by Gasteiger charge is -2.27. The van der Waals surface area contributed by atoms with Crippen molar-refractivity contribution < 1.29 is 19.1 Å². The number of rotatable bonds is 9. The minimum Gasteiger partial charge on any atom is -0.369 e. The van der Waals surface area contributed by atoms with Crippen molar-refractivity contribution in [3.63, 3.8) is 0 Å². The fourth-order valence-corrected chi connectivity index (χ4v) is 5.30. The predicted octanol–water partition coefficient (Wildman–Crippen LogP) is 1.84. The Morgan fingerprint density at radius 2 is 2.00 bits per heavy atom. The van der Waals surface area contributed by atoms with Gasteiger partial charge in [0.15, 0.2) is 5.78 Å². The molecule has 3 N–H and O–H groups in total. The van der Waals surface area contributed by atoms with Crippen molar-refractivity contribution in [2.75, 3.05) is 19.7 Å². The molecule has 5 atom stereocenters. The summed E-state index contributed by atoms with van der Waals surface area (Å²) in [6.07, 6.45) is 1.93. The molecule has 0 unspecified atom stereocenters. The molecular weight excluding hydrogens is 430 g/mol. The van der Waals surface area contributed by atoms with E-state index in [0.29, 0.717) is 31.4 Å². The number of halogens is 1. The monoisotopic (exact) mass is 463 g/mol. The maximum absolute atomic E-state index is 13.0. The fraction of sp³-hybridized carbons (Fsp3) is 0.625. The number of hydrogen-bond donors (Lipinski definition) is 3. The van der Waals surface area contributed by atoms with Crippen molar-refractivity contribution in [2.45, 2.75) is 51.8 Å². The van der Waals surface area contributed by atoms with Gasteiger partial charge in [0.1, 0.15) is 6.61 Å². The van der Waals surface area contributed by atoms with Crippen molar-refractivity contribution in [2.24, 2.45) is 23.2 Å². The largest absolute Gasteiger partial charge is 0.369 e. The molecule has 0 spiro atoms. The highest BCUT2D eigenvalue weighted by Gasteiger charge is 2.65. The first-order valence-corrected chi connectivity index (χ1v) is 11.3. The summed E-state index contributed by atoms with van der Waals surface area (Å²) < 4.78 is 5.63. The lowest BCUT2D eigenvalue weighted by molar-refractivity contribution is -0.134. The van der Waals surface area contributed by atoms with Crippen molar-refractivity contribution in [1.29, 1.82) is 0 Å². The smallest absolute Gasteiger partial charge is 0.238 e. The molecule has 2 heterocycles. The van der Waals surface area contributed by atoms with Crippen LogP contribution in [-0.2, 0) is 25.7 Å². The zero-order valence-electron chi connectivity index (χ0n) is 18.8. The molecule has 1 aromatic rings. The first kappa shape index (κ1) is 24.7. The van der Waals surface area contributed by atoms with Gasteiger partial charge in [0, 0.05) is 12.5 Å². The van der Waals surface area contributed by atoms with E-state index in [-0.39, 0.29) is 54.0 Å². The molecule has 32 heavy (non-hydrogen) atoms. The highest BCUT2D eigenvalue weighted by Crippen LogP contribution is 2.62. The van der Waals surface area contributed by atoms with E-state index in [1.165, 1.54) is 0 Å². The summed E-state index contributed by atoms with van der Waals surface area (Å²) in [6, 6.07) is 8.66. The Morgan fingerprint density at radius 3 is 2.66 bits per heavy atom. The highest BCUT2D eigenvalue weighted by atomic mass is 35.5. The summed E-state index contributed by atoms with van der Waals surface area (Å²) in [5, 5.41) is 9.13. The van der Waals surface area contributed by atoms with Crippen LogP contribution in [0.3, 0.4) is 0 Å². The van der Waals surface area contributed by atoms with E-state index in [4.69, 9.17) is 4.74 Å². The first-order chi connectivity index (χ1) is 14.9. The van der Waals surface area contributed by atoms with Gasteiger partial charge in [-0.05, 0) is 48.6 Å². The second-order valence-electron chi connectivity index (χ2n) is 9.71. The topological polar surface area (TPSA) is 96.5 Å². The highest BCUT2D eigenvalue weighted by molar-refractivity contribution is 5.92. The van der Waals surface area contributed by atoms with Crippen LogP contribution < -0.4 is 16.0 Å². The Bertz CT molecular complexity index is 832. The number of hydrogen-bond acceptors (Lipinski definition) is 5. The molecule has 3 aliphatic rings. The van der Waals surface area contributed by atoms with E-state index >= 15 is 0 Å². The maximum atomic E-state index is 13.0. The molecule has 1 aliphatic carbocycles. The number of ether oxygens (including phenoxy) is 1. The van der Waals surface area contributed by atoms with Gasteiger partial charge < -0.3 is 20.7 Å². The molecule has 1 aromatic carbocycles. The molecule has 2 aliphatic heterocycles. The van der Waals surface area contributed by atoms with Crippen molar-refractivity contribution >= 4 is 30.0 Å². The summed E-state index contributed by atoms with van der Waals surface area (Å²) in [7, 11) is 0. The molecule has 0 bridgehead atoms. The molecule has 0 radical (unpaired) electrons. The van der Waals surface area contributed by atoms with Crippen LogP contribution in [0.15, 0.2) is 30.3 Å². The molecule has 3 fully saturated rings. The van der Waals surface area contributed by atoms with Crippen LogP contribution >= 0.6 is 12.4 Å². The molecule has 2 saturated heterocycles. The summed E-state index contributed by atoms with van der Waals surface area (Å²) in [5.41, 5.74) is 1.15. The number of benzene rings is 1. The predicted molar refractivity (Wildman–Crippen MR) is 123 cm³/mol. The summed E-state index contributed by atoms with van der Waals surface area (Å²) in [4.78, 5) is 38.3. The standard InChI is InChI=1S/C24H33N3O4.ClH/c1-24(2)17-12-26-21(20(17)24)23(30)27-18(11-16-9-6-10-25-22(16)29)19(28)14-31-13-15-7-4-3-5-8-15;/h3-5,7-8,16-18,20-21,26H,6,9-14H2,1-2H3,(H,25,29)(H,27,30);1H/t16-,17-,18-,20-,21-;/m0./s1. The van der Waals surface area contributed by atoms with Gasteiger partial charge >= 0.3 is 0 Å². The van der Waals surface area contributed by atoms with E-state index in [0.717, 1.165) is 24.9 Å². The second kappa shape index (κ2) is 10.3. The number of carbonyl (C=O) groups excluding carboxylic acids is 3. The zero-order valence-corrected chi connectivity index (χ0v) is 19.6. The van der Waals surface area contributed by atoms with E-state index in [9.17, 15) is 14.4 Å². The minimum absolute atomic E-state index is 0. The van der Waals surface area contributed by atoms with E-state index in [2.05, 4.69) is 29.8 Å². The number of carbonyl (C=O) groups is 3. The Balaban J connectivity index is 0.00000289. The van der Waals surface area contributed by atoms with E-state index < -0.39 is 6.04 Å². The number of amides is 2. The normalized spacial score (nSPS) is 28.6. The fourth-order valence-electron chi connectivity index (χ4n) is 5.30. The van der Waals surface area contributed by atoms with Gasteiger partial charge in [0.05, 0.1) is 18.7 Å². The summed E-state index contributed by atoms with van der Waals surface area (Å²) >= 11 is 0. The Kier molecular flexibility index (Phi) is 7.96. The van der Waals surface area contributed by atoms with Crippen LogP contribution in [0.1, 0.15) is 38.7 Å². The van der Waals surface area contributed by atoms with Gasteiger partial charge in [-0.25, -0.2) is 0 Å². The number of nitrogens with one attached hydrogen (secondary N) is 3. The van der Waals surface area contributed by atoms with Crippen molar-refractivity contribution in [3.8, 4) is 0 Å². The number of piperidine rings is 2. The Labute approximate surface area is 195 Å². The number of ketones is 1. The zero-order chi connectivity index (χ0) is 22.0. The van der Waals surface area contributed by atoms with Gasteiger partial charge in [-0.2, -0.15) is 0 Å². The van der Waals surface area contributed by atoms with Crippen molar-refractivity contribution in [3.05, 3.63) is 35.9 Å². The first-order valence-electron chi connectivity index (χ1n) is 11.3. The molecule has 1 saturated carbocycles. The third kappa shape index (κ3) is 5.33. The third-order valence-corrected chi connectivity index (χ3v) is 7.32. The van der Waals surface area contributed by atoms with Crippen LogP contribution in [0.4, 0.5) is 0 Å². The Hall–Kier alpha value is -1.96. The quantitative estimate of drug-likeness (QED) is 0.519. The average molecular weight is 464 g/mol. The second-order valence-corrected chi connectivity index (χ2v) is 9.71. The van der Waals surface area contributed by atoms with Crippen LogP contribution in [0.25, 0.3) is 0 Å². The van der Waals surface area contributed by atoms with E-state index in [1.807, 2.05) is 30.3 Å². The molecule has 7 nitrogen and oxygen atoms in total. The molecule has 0 aromatic heterocycles. The van der Waals surface area contributed by atoms with E-state index in [1.54, 1.807) is 0 Å². The van der Waals surface area contributed by atoms with Gasteiger partial charge in [-0.1, -0.05) is 44.2 Å². The molecule has 2 amide bonds. The van der Waals surface area contributed by atoms with Gasteiger partial charge in [-0.3, -0.25) is 14.4 Å². The Morgan fingerprint density at radius 1 is 1.25 bits per heavy atom. The van der Waals surface area contributed by atoms with Crippen LogP contribution in [0.2, 0.25) is 0 Å². The minimum atomic E-state index is -0.722. The molecular formula is C24H34ClN3O4. The lowest BCUT2D eigenvalue weighted by Crippen LogP contribution is -2.52. The summed E-state index contributed by atoms with van der Waals surface area (Å²) in [5.74, 6) is 0.180. The van der Waals surface area contributed by atoms with Crippen LogP contribution in [-0.4, -0.2) is 49.4 Å². The molecule has 8 heteroatoms. The number of fused-ring (bicyclic) bond motifs is 1. The lowest BCUT2D eigenvalue weighted by atomic mass is 9.90. The average Bonchev–Trinajstić information content (AvgIpc) is 3.09. The van der Waals surface area contributed by atoms with Crippen LogP contribution in [0.5, 0.6) is 0 Å². The van der Waals surface area contributed by atoms with Crippen LogP contribution in [0, 0.1) is 23.2 Å². The summed E-state index contributed by atoms with van der Waals surface area (Å²) in [6.45, 7) is 6.12. The molecule has 176 valence electrons. The SMILES string of the molecule is CC1(C)[C@@H]2[C@@H](C(=O)N[C@@H](C[C@@H]3CCCNC3=O)C(=O)COCc3ccccc3)NC[C@@H]21.Cl. The number of Topliss-reactive ketones (excluding diaryl/α,β-unsaturated/α-hetero) is 1. The maximum Gasteiger partial charge on any atom is 0.238 e. The molecule has 4 rings (SSSR count).